The molecule has 1 aliphatic carbocycles. The molecule has 1 fully saturated rings. The highest BCUT2D eigenvalue weighted by atomic mass is 16.3. The van der Waals surface area contributed by atoms with Gasteiger partial charge in [-0.05, 0) is 58.7 Å². The third-order valence-corrected chi connectivity index (χ3v) is 6.20. The van der Waals surface area contributed by atoms with Crippen molar-refractivity contribution in [2.45, 2.75) is 71.4 Å². The van der Waals surface area contributed by atoms with E-state index in [0.29, 0.717) is 5.82 Å². The van der Waals surface area contributed by atoms with Gasteiger partial charge < -0.3 is 20.7 Å². The molecular formula is C24H34N8O. The second-order valence-electron chi connectivity index (χ2n) is 9.31. The number of pyridine rings is 1. The van der Waals surface area contributed by atoms with E-state index in [9.17, 15) is 5.11 Å². The second kappa shape index (κ2) is 8.97. The summed E-state index contributed by atoms with van der Waals surface area (Å²) in [6.45, 7) is 8.20. The minimum atomic E-state index is -0.321. The van der Waals surface area contributed by atoms with Crippen LogP contribution in [-0.2, 0) is 0 Å². The number of aromatic nitrogens is 6. The van der Waals surface area contributed by atoms with Gasteiger partial charge in [-0.3, -0.25) is 0 Å². The first-order valence-corrected chi connectivity index (χ1v) is 11.6. The van der Waals surface area contributed by atoms with Gasteiger partial charge in [0, 0.05) is 24.8 Å². The number of nitrogens with one attached hydrogen (secondary N) is 1. The van der Waals surface area contributed by atoms with Gasteiger partial charge in [0.25, 0.3) is 0 Å². The van der Waals surface area contributed by atoms with Gasteiger partial charge in [0.15, 0.2) is 11.5 Å². The maximum atomic E-state index is 9.37. The third-order valence-electron chi connectivity index (χ3n) is 6.20. The molecule has 1 saturated carbocycles. The molecule has 33 heavy (non-hydrogen) atoms. The van der Waals surface area contributed by atoms with Crippen LogP contribution >= 0.6 is 0 Å². The molecule has 0 aromatic carbocycles. The maximum absolute atomic E-state index is 9.37. The van der Waals surface area contributed by atoms with E-state index in [4.69, 9.17) is 10.7 Å². The first-order valence-electron chi connectivity index (χ1n) is 11.6. The van der Waals surface area contributed by atoms with Gasteiger partial charge in [0.2, 0.25) is 5.95 Å². The molecule has 0 spiro atoms. The Labute approximate surface area is 194 Å². The maximum Gasteiger partial charge on any atom is 0.240 e. The molecular weight excluding hydrogens is 416 g/mol. The van der Waals surface area contributed by atoms with Crippen molar-refractivity contribution < 1.29 is 5.11 Å². The number of hydrogen-bond acceptors (Lipinski definition) is 7. The lowest BCUT2D eigenvalue weighted by molar-refractivity contribution is 0.0225. The molecule has 4 aromatic rings. The molecule has 1 aliphatic rings. The van der Waals surface area contributed by atoms with Crippen molar-refractivity contribution in [2.75, 3.05) is 18.1 Å². The topological polar surface area (TPSA) is 119 Å². The minimum Gasteiger partial charge on any atom is -0.390 e. The van der Waals surface area contributed by atoms with Crippen molar-refractivity contribution in [2.24, 2.45) is 0 Å². The third kappa shape index (κ3) is 4.64. The molecule has 0 bridgehead atoms. The number of fused-ring (bicyclic) bond motifs is 2. The van der Waals surface area contributed by atoms with E-state index in [-0.39, 0.29) is 17.6 Å². The SMILES string of the molecule is CC1(O)CCCCC1.CNc1nc(N)nn2ccc(-c3ccc4nc(C)n(C(C)C)c4n3)c12. The first kappa shape index (κ1) is 23.0. The molecule has 4 aromatic heterocycles. The Morgan fingerprint density at radius 3 is 2.42 bits per heavy atom. The Balaban J connectivity index is 0.000000275. The zero-order valence-corrected chi connectivity index (χ0v) is 20.1. The van der Waals surface area contributed by atoms with Crippen LogP contribution in [0.15, 0.2) is 24.4 Å². The van der Waals surface area contributed by atoms with E-state index >= 15 is 0 Å². The summed E-state index contributed by atoms with van der Waals surface area (Å²) in [5.74, 6) is 1.85. The van der Waals surface area contributed by atoms with Gasteiger partial charge in [-0.2, -0.15) is 4.98 Å². The Morgan fingerprint density at radius 1 is 1.09 bits per heavy atom. The molecule has 5 rings (SSSR count). The van der Waals surface area contributed by atoms with E-state index in [1.807, 2.05) is 45.3 Å². The van der Waals surface area contributed by atoms with Crippen LogP contribution in [0, 0.1) is 6.92 Å². The first-order chi connectivity index (χ1) is 15.7. The molecule has 176 valence electrons. The van der Waals surface area contributed by atoms with E-state index in [1.165, 1.54) is 19.3 Å². The van der Waals surface area contributed by atoms with Crippen LogP contribution in [-0.4, -0.2) is 46.9 Å². The number of nitrogens with two attached hydrogens (primary N) is 1. The van der Waals surface area contributed by atoms with Gasteiger partial charge in [0.05, 0.1) is 11.3 Å². The zero-order chi connectivity index (χ0) is 23.8. The van der Waals surface area contributed by atoms with Crippen molar-refractivity contribution in [1.82, 2.24) is 29.1 Å². The van der Waals surface area contributed by atoms with Crippen LogP contribution in [0.3, 0.4) is 0 Å². The predicted octanol–water partition coefficient (Wildman–Crippen LogP) is 4.36. The predicted molar refractivity (Wildman–Crippen MR) is 132 cm³/mol. The molecule has 9 heteroatoms. The van der Waals surface area contributed by atoms with E-state index in [1.54, 1.807) is 4.52 Å². The lowest BCUT2D eigenvalue weighted by Gasteiger charge is -2.27. The molecule has 9 nitrogen and oxygen atoms in total. The fourth-order valence-corrected chi connectivity index (χ4v) is 4.59. The largest absolute Gasteiger partial charge is 0.390 e. The average molecular weight is 451 g/mol. The molecule has 0 amide bonds. The van der Waals surface area contributed by atoms with Gasteiger partial charge in [-0.25, -0.2) is 14.5 Å². The highest BCUT2D eigenvalue weighted by molar-refractivity contribution is 5.89. The summed E-state index contributed by atoms with van der Waals surface area (Å²) in [6, 6.07) is 6.24. The van der Waals surface area contributed by atoms with Crippen LogP contribution in [0.1, 0.15) is 64.7 Å². The highest BCUT2D eigenvalue weighted by Gasteiger charge is 2.22. The van der Waals surface area contributed by atoms with Gasteiger partial charge >= 0.3 is 0 Å². The smallest absolute Gasteiger partial charge is 0.240 e. The average Bonchev–Trinajstić information content (AvgIpc) is 3.32. The number of aryl methyl sites for hydroxylation is 1. The highest BCUT2D eigenvalue weighted by Crippen LogP contribution is 2.30. The molecule has 0 unspecified atom stereocenters. The summed E-state index contributed by atoms with van der Waals surface area (Å²) < 4.78 is 3.87. The molecule has 4 N–H and O–H groups in total. The number of nitrogen functional groups attached to an aromatic ring is 1. The number of rotatable bonds is 3. The van der Waals surface area contributed by atoms with Crippen molar-refractivity contribution in [3.8, 4) is 11.3 Å². The quantitative estimate of drug-likeness (QED) is 0.424. The summed E-state index contributed by atoms with van der Waals surface area (Å²) >= 11 is 0. The van der Waals surface area contributed by atoms with E-state index in [0.717, 1.165) is 46.6 Å². The van der Waals surface area contributed by atoms with Crippen LogP contribution in [0.5, 0.6) is 0 Å². The van der Waals surface area contributed by atoms with Gasteiger partial charge in [0.1, 0.15) is 16.9 Å². The standard InChI is InChI=1S/C17H20N8.C7H14O/c1-9(2)25-10(3)20-13-6-5-12(21-16(13)25)11-7-8-24-14(11)15(19-4)22-17(18)23-24;1-7(8)5-3-2-4-6-7/h5-9H,1-4H3,(H3,18,19,22,23);8H,2-6H2,1H3. The van der Waals surface area contributed by atoms with Crippen molar-refractivity contribution >= 4 is 28.4 Å². The Bertz CT molecular complexity index is 1260. The Kier molecular flexibility index (Phi) is 6.25. The van der Waals surface area contributed by atoms with Crippen molar-refractivity contribution in [1.29, 1.82) is 0 Å². The summed E-state index contributed by atoms with van der Waals surface area (Å²) in [5, 5.41) is 16.7. The number of nitrogens with zero attached hydrogens (tertiary/aromatic N) is 6. The fourth-order valence-electron chi connectivity index (χ4n) is 4.59. The second-order valence-corrected chi connectivity index (χ2v) is 9.31. The number of anilines is 2. The van der Waals surface area contributed by atoms with Crippen molar-refractivity contribution in [3.63, 3.8) is 0 Å². The van der Waals surface area contributed by atoms with E-state index < -0.39 is 0 Å². The molecule has 4 heterocycles. The Morgan fingerprint density at radius 2 is 1.82 bits per heavy atom. The normalized spacial score (nSPS) is 15.6. The zero-order valence-electron chi connectivity index (χ0n) is 20.1. The molecule has 0 radical (unpaired) electrons. The summed E-state index contributed by atoms with van der Waals surface area (Å²) in [4.78, 5) is 13.8. The lowest BCUT2D eigenvalue weighted by atomic mass is 9.87. The molecule has 0 saturated heterocycles. The monoisotopic (exact) mass is 450 g/mol. The van der Waals surface area contributed by atoms with Crippen LogP contribution < -0.4 is 11.1 Å². The van der Waals surface area contributed by atoms with E-state index in [2.05, 4.69) is 38.8 Å². The minimum absolute atomic E-state index is 0.218. The van der Waals surface area contributed by atoms with Crippen LogP contribution in [0.2, 0.25) is 0 Å². The molecule has 0 atom stereocenters. The summed E-state index contributed by atoms with van der Waals surface area (Å²) in [6.07, 6.45) is 7.62. The number of aliphatic hydroxyl groups is 1. The molecule has 0 aliphatic heterocycles. The van der Waals surface area contributed by atoms with Crippen LogP contribution in [0.4, 0.5) is 11.8 Å². The Hall–Kier alpha value is -3.20. The lowest BCUT2D eigenvalue weighted by Crippen LogP contribution is -2.26. The van der Waals surface area contributed by atoms with Crippen LogP contribution in [0.25, 0.3) is 27.9 Å². The number of hydrogen-bond donors (Lipinski definition) is 3. The summed E-state index contributed by atoms with van der Waals surface area (Å²) in [5.41, 5.74) is 9.86. The van der Waals surface area contributed by atoms with Gasteiger partial charge in [-0.1, -0.05) is 19.3 Å². The fraction of sp³-hybridized carbons (Fsp3) is 0.500. The summed E-state index contributed by atoms with van der Waals surface area (Å²) in [7, 11) is 1.81. The van der Waals surface area contributed by atoms with Gasteiger partial charge in [-0.15, -0.1) is 5.10 Å². The van der Waals surface area contributed by atoms with Crippen molar-refractivity contribution in [3.05, 3.63) is 30.2 Å². The number of imidazole rings is 1.